The number of piperidine rings is 1. The fourth-order valence-corrected chi connectivity index (χ4v) is 2.55. The molecular formula is C15H21N3O3. The molecule has 1 aliphatic rings. The zero-order chi connectivity index (χ0) is 15.2. The molecule has 1 saturated heterocycles. The normalized spacial score (nSPS) is 16.4. The molecule has 0 atom stereocenters. The molecule has 3 N–H and O–H groups in total. The number of likely N-dealkylation sites (tertiary alicyclic amines) is 1. The molecule has 0 aliphatic carbocycles. The van der Waals surface area contributed by atoms with E-state index in [-0.39, 0.29) is 24.4 Å². The van der Waals surface area contributed by atoms with Crippen molar-refractivity contribution in [1.82, 2.24) is 10.2 Å². The standard InChI is InChI=1S/C15H21N3O3/c1-21-13-5-3-2-4-12(13)15(20)17-11-6-8-18(9-7-11)10-14(16)19/h2-5,11H,6-10H2,1H3,(H2,16,19)(H,17,20). The van der Waals surface area contributed by atoms with Crippen molar-refractivity contribution in [2.45, 2.75) is 18.9 Å². The summed E-state index contributed by atoms with van der Waals surface area (Å²) in [4.78, 5) is 25.2. The van der Waals surface area contributed by atoms with E-state index >= 15 is 0 Å². The van der Waals surface area contributed by atoms with Gasteiger partial charge in [0.05, 0.1) is 19.2 Å². The van der Waals surface area contributed by atoms with Crippen LogP contribution in [0.1, 0.15) is 23.2 Å². The second-order valence-electron chi connectivity index (χ2n) is 5.19. The summed E-state index contributed by atoms with van der Waals surface area (Å²) < 4.78 is 5.20. The molecule has 114 valence electrons. The molecule has 0 saturated carbocycles. The molecule has 2 amide bonds. The molecule has 0 unspecified atom stereocenters. The summed E-state index contributed by atoms with van der Waals surface area (Å²) in [6.07, 6.45) is 1.63. The number of nitrogens with zero attached hydrogens (tertiary/aromatic N) is 1. The first-order valence-electron chi connectivity index (χ1n) is 7.04. The zero-order valence-corrected chi connectivity index (χ0v) is 12.2. The number of methoxy groups -OCH3 is 1. The second-order valence-corrected chi connectivity index (χ2v) is 5.19. The second kappa shape index (κ2) is 7.08. The number of primary amides is 1. The van der Waals surface area contributed by atoms with Crippen LogP contribution in [0.4, 0.5) is 0 Å². The predicted octanol–water partition coefficient (Wildman–Crippen LogP) is 0.375. The quantitative estimate of drug-likeness (QED) is 0.821. The number of carbonyl (C=O) groups excluding carboxylic acids is 2. The maximum Gasteiger partial charge on any atom is 0.255 e. The summed E-state index contributed by atoms with van der Waals surface area (Å²) in [7, 11) is 1.55. The lowest BCUT2D eigenvalue weighted by Gasteiger charge is -2.31. The topological polar surface area (TPSA) is 84.7 Å². The van der Waals surface area contributed by atoms with Crippen LogP contribution in [0.3, 0.4) is 0 Å². The third-order valence-corrected chi connectivity index (χ3v) is 3.65. The molecule has 0 bridgehead atoms. The van der Waals surface area contributed by atoms with Gasteiger partial charge in [-0.25, -0.2) is 0 Å². The van der Waals surface area contributed by atoms with Gasteiger partial charge >= 0.3 is 0 Å². The van der Waals surface area contributed by atoms with E-state index in [1.54, 1.807) is 19.2 Å². The summed E-state index contributed by atoms with van der Waals surface area (Å²) in [5, 5.41) is 3.02. The number of nitrogens with two attached hydrogens (primary N) is 1. The van der Waals surface area contributed by atoms with Gasteiger partial charge in [0.1, 0.15) is 5.75 Å². The monoisotopic (exact) mass is 291 g/mol. The highest BCUT2D eigenvalue weighted by Gasteiger charge is 2.22. The Bertz CT molecular complexity index is 511. The van der Waals surface area contributed by atoms with Gasteiger partial charge in [-0.2, -0.15) is 0 Å². The van der Waals surface area contributed by atoms with Crippen molar-refractivity contribution in [2.75, 3.05) is 26.7 Å². The van der Waals surface area contributed by atoms with Crippen molar-refractivity contribution in [3.8, 4) is 5.75 Å². The van der Waals surface area contributed by atoms with E-state index in [9.17, 15) is 9.59 Å². The fraction of sp³-hybridized carbons (Fsp3) is 0.467. The first-order valence-corrected chi connectivity index (χ1v) is 7.04. The van der Waals surface area contributed by atoms with Gasteiger partial charge in [-0.15, -0.1) is 0 Å². The Morgan fingerprint density at radius 2 is 2.00 bits per heavy atom. The lowest BCUT2D eigenvalue weighted by Crippen LogP contribution is -2.46. The van der Waals surface area contributed by atoms with Gasteiger partial charge < -0.3 is 15.8 Å². The molecule has 1 fully saturated rings. The largest absolute Gasteiger partial charge is 0.496 e. The van der Waals surface area contributed by atoms with Crippen LogP contribution >= 0.6 is 0 Å². The van der Waals surface area contributed by atoms with Crippen LogP contribution in [0.5, 0.6) is 5.75 Å². The van der Waals surface area contributed by atoms with E-state index in [4.69, 9.17) is 10.5 Å². The molecule has 0 spiro atoms. The Hall–Kier alpha value is -2.08. The van der Waals surface area contributed by atoms with Crippen LogP contribution in [0, 0.1) is 0 Å². The van der Waals surface area contributed by atoms with Gasteiger partial charge in [-0.1, -0.05) is 12.1 Å². The zero-order valence-electron chi connectivity index (χ0n) is 12.2. The molecule has 21 heavy (non-hydrogen) atoms. The number of benzene rings is 1. The maximum atomic E-state index is 12.3. The van der Waals surface area contributed by atoms with Crippen LogP contribution in [0.25, 0.3) is 0 Å². The first kappa shape index (κ1) is 15.3. The minimum absolute atomic E-state index is 0.117. The fourth-order valence-electron chi connectivity index (χ4n) is 2.55. The number of nitrogens with one attached hydrogen (secondary N) is 1. The summed E-state index contributed by atoms with van der Waals surface area (Å²) >= 11 is 0. The Labute approximate surface area is 124 Å². The number of amides is 2. The van der Waals surface area contributed by atoms with E-state index in [2.05, 4.69) is 5.32 Å². The predicted molar refractivity (Wildman–Crippen MR) is 79.1 cm³/mol. The lowest BCUT2D eigenvalue weighted by atomic mass is 10.0. The number of para-hydroxylation sites is 1. The number of rotatable bonds is 5. The Morgan fingerprint density at radius 1 is 1.33 bits per heavy atom. The van der Waals surface area contributed by atoms with E-state index in [1.165, 1.54) is 0 Å². The lowest BCUT2D eigenvalue weighted by molar-refractivity contribution is -0.119. The van der Waals surface area contributed by atoms with Gasteiger partial charge in [0, 0.05) is 19.1 Å². The van der Waals surface area contributed by atoms with Crippen LogP contribution in [-0.2, 0) is 4.79 Å². The summed E-state index contributed by atoms with van der Waals surface area (Å²) in [5.41, 5.74) is 5.72. The minimum atomic E-state index is -0.313. The van der Waals surface area contributed by atoms with Gasteiger partial charge in [-0.3, -0.25) is 14.5 Å². The van der Waals surface area contributed by atoms with Crippen LogP contribution in [-0.4, -0.2) is 49.5 Å². The highest BCUT2D eigenvalue weighted by atomic mass is 16.5. The van der Waals surface area contributed by atoms with E-state index in [0.29, 0.717) is 11.3 Å². The summed E-state index contributed by atoms with van der Waals surface area (Å²) in [5.74, 6) is 0.133. The number of hydrogen-bond acceptors (Lipinski definition) is 4. The number of hydrogen-bond donors (Lipinski definition) is 2. The van der Waals surface area contributed by atoms with E-state index in [0.717, 1.165) is 25.9 Å². The first-order chi connectivity index (χ1) is 10.1. The average molecular weight is 291 g/mol. The molecule has 0 radical (unpaired) electrons. The van der Waals surface area contributed by atoms with Gasteiger partial charge in [0.15, 0.2) is 0 Å². The van der Waals surface area contributed by atoms with Crippen molar-refractivity contribution in [2.24, 2.45) is 5.73 Å². The van der Waals surface area contributed by atoms with Crippen LogP contribution in [0.2, 0.25) is 0 Å². The van der Waals surface area contributed by atoms with Crippen molar-refractivity contribution >= 4 is 11.8 Å². The SMILES string of the molecule is COc1ccccc1C(=O)NC1CCN(CC(N)=O)CC1. The molecular weight excluding hydrogens is 270 g/mol. The highest BCUT2D eigenvalue weighted by Crippen LogP contribution is 2.18. The third kappa shape index (κ3) is 4.19. The van der Waals surface area contributed by atoms with E-state index < -0.39 is 0 Å². The molecule has 1 heterocycles. The van der Waals surface area contributed by atoms with Gasteiger partial charge in [-0.05, 0) is 25.0 Å². The van der Waals surface area contributed by atoms with Crippen molar-refractivity contribution in [1.29, 1.82) is 0 Å². The molecule has 1 aromatic rings. The van der Waals surface area contributed by atoms with Crippen LogP contribution in [0.15, 0.2) is 24.3 Å². The molecule has 6 nitrogen and oxygen atoms in total. The molecule has 0 aromatic heterocycles. The number of carbonyl (C=O) groups is 2. The number of ether oxygens (including phenoxy) is 1. The Balaban J connectivity index is 1.88. The Morgan fingerprint density at radius 3 is 2.62 bits per heavy atom. The average Bonchev–Trinajstić information content (AvgIpc) is 2.48. The minimum Gasteiger partial charge on any atom is -0.496 e. The van der Waals surface area contributed by atoms with Crippen molar-refractivity contribution in [3.05, 3.63) is 29.8 Å². The third-order valence-electron chi connectivity index (χ3n) is 3.65. The smallest absolute Gasteiger partial charge is 0.255 e. The maximum absolute atomic E-state index is 12.3. The van der Waals surface area contributed by atoms with Crippen molar-refractivity contribution in [3.63, 3.8) is 0 Å². The summed E-state index contributed by atoms with van der Waals surface area (Å²) in [6, 6.07) is 7.28. The summed E-state index contributed by atoms with van der Waals surface area (Å²) in [6.45, 7) is 1.81. The molecule has 1 aromatic carbocycles. The van der Waals surface area contributed by atoms with E-state index in [1.807, 2.05) is 17.0 Å². The highest BCUT2D eigenvalue weighted by molar-refractivity contribution is 5.97. The van der Waals surface area contributed by atoms with Crippen molar-refractivity contribution < 1.29 is 14.3 Å². The van der Waals surface area contributed by atoms with Gasteiger partial charge in [0.2, 0.25) is 5.91 Å². The molecule has 6 heteroatoms. The van der Waals surface area contributed by atoms with Crippen LogP contribution < -0.4 is 15.8 Å². The van der Waals surface area contributed by atoms with Gasteiger partial charge in [0.25, 0.3) is 5.91 Å². The Kier molecular flexibility index (Phi) is 5.16. The molecule has 1 aliphatic heterocycles. The molecule has 2 rings (SSSR count).